The summed E-state index contributed by atoms with van der Waals surface area (Å²) < 4.78 is 5.23. The number of nitrogens with two attached hydrogens (primary N) is 1. The third-order valence-corrected chi connectivity index (χ3v) is 4.69. The quantitative estimate of drug-likeness (QED) is 0.808. The van der Waals surface area contributed by atoms with Crippen molar-refractivity contribution in [2.75, 3.05) is 6.54 Å². The van der Waals surface area contributed by atoms with Crippen LogP contribution < -0.4 is 11.1 Å². The standard InChI is InChI=1S/C19H25N3O2.2ClH/c1-14-9-17(21-19(23)16-10-18(11-20)24-13-16)7-8-22(14)12-15-5-3-2-4-6-15;;/h2-6,10,13-14,17H,7-9,11-12,20H2,1H3,(H,21,23);2*1H. The summed E-state index contributed by atoms with van der Waals surface area (Å²) >= 11 is 0. The molecule has 0 aliphatic carbocycles. The average molecular weight is 400 g/mol. The normalized spacial score (nSPS) is 19.9. The van der Waals surface area contributed by atoms with Crippen molar-refractivity contribution < 1.29 is 9.21 Å². The van der Waals surface area contributed by atoms with E-state index in [1.165, 1.54) is 11.8 Å². The maximum Gasteiger partial charge on any atom is 0.254 e. The van der Waals surface area contributed by atoms with Gasteiger partial charge in [0.05, 0.1) is 12.1 Å². The molecule has 26 heavy (non-hydrogen) atoms. The van der Waals surface area contributed by atoms with E-state index in [4.69, 9.17) is 10.2 Å². The first-order chi connectivity index (χ1) is 11.7. The molecule has 0 radical (unpaired) electrons. The molecule has 2 heterocycles. The minimum atomic E-state index is -0.0767. The molecule has 2 unspecified atom stereocenters. The number of hydrogen-bond acceptors (Lipinski definition) is 4. The third-order valence-electron chi connectivity index (χ3n) is 4.69. The molecule has 7 heteroatoms. The number of halogens is 2. The van der Waals surface area contributed by atoms with E-state index >= 15 is 0 Å². The van der Waals surface area contributed by atoms with Crippen molar-refractivity contribution in [1.82, 2.24) is 10.2 Å². The molecule has 0 spiro atoms. The van der Waals surface area contributed by atoms with Gasteiger partial charge in [-0.05, 0) is 31.4 Å². The maximum atomic E-state index is 12.3. The maximum absolute atomic E-state index is 12.3. The highest BCUT2D eigenvalue weighted by Crippen LogP contribution is 2.20. The van der Waals surface area contributed by atoms with E-state index < -0.39 is 0 Å². The fourth-order valence-corrected chi connectivity index (χ4v) is 3.28. The Labute approximate surface area is 167 Å². The molecule has 144 valence electrons. The molecule has 1 aliphatic heterocycles. The van der Waals surface area contributed by atoms with Crippen molar-refractivity contribution in [3.8, 4) is 0 Å². The lowest BCUT2D eigenvalue weighted by Crippen LogP contribution is -2.48. The van der Waals surface area contributed by atoms with Gasteiger partial charge in [-0.3, -0.25) is 9.69 Å². The van der Waals surface area contributed by atoms with E-state index in [1.54, 1.807) is 6.07 Å². The third kappa shape index (κ3) is 5.74. The minimum Gasteiger partial charge on any atom is -0.467 e. The Morgan fingerprint density at radius 2 is 2.04 bits per heavy atom. The van der Waals surface area contributed by atoms with Gasteiger partial charge in [-0.15, -0.1) is 24.8 Å². The topological polar surface area (TPSA) is 71.5 Å². The molecular formula is C19H27Cl2N3O2. The summed E-state index contributed by atoms with van der Waals surface area (Å²) in [6.45, 7) is 4.48. The number of carbonyl (C=O) groups is 1. The van der Waals surface area contributed by atoms with Gasteiger partial charge in [0.25, 0.3) is 5.91 Å². The molecule has 1 aromatic heterocycles. The average Bonchev–Trinajstić information content (AvgIpc) is 3.08. The Balaban J connectivity index is 0.00000169. The summed E-state index contributed by atoms with van der Waals surface area (Å²) in [5.74, 6) is 0.554. The SMILES string of the molecule is CC1CC(NC(=O)c2coc(CN)c2)CCN1Cc1ccccc1.Cl.Cl. The van der Waals surface area contributed by atoms with Crippen molar-refractivity contribution in [3.05, 3.63) is 59.5 Å². The van der Waals surface area contributed by atoms with E-state index in [2.05, 4.69) is 41.4 Å². The van der Waals surface area contributed by atoms with Crippen LogP contribution in [0.1, 0.15) is 41.4 Å². The first-order valence-electron chi connectivity index (χ1n) is 8.52. The van der Waals surface area contributed by atoms with Crippen LogP contribution in [0.25, 0.3) is 0 Å². The molecule has 0 bridgehead atoms. The van der Waals surface area contributed by atoms with Gasteiger partial charge >= 0.3 is 0 Å². The molecule has 1 fully saturated rings. The van der Waals surface area contributed by atoms with Gasteiger partial charge in [0.1, 0.15) is 12.0 Å². The molecule has 3 rings (SSSR count). The molecule has 5 nitrogen and oxygen atoms in total. The number of carbonyl (C=O) groups excluding carboxylic acids is 1. The Hall–Kier alpha value is -1.53. The summed E-state index contributed by atoms with van der Waals surface area (Å²) in [5, 5.41) is 3.12. The van der Waals surface area contributed by atoms with Crippen molar-refractivity contribution in [1.29, 1.82) is 0 Å². The van der Waals surface area contributed by atoms with Crippen molar-refractivity contribution in [2.45, 2.75) is 44.9 Å². The van der Waals surface area contributed by atoms with Gasteiger partial charge < -0.3 is 15.5 Å². The first kappa shape index (κ1) is 22.5. The van der Waals surface area contributed by atoms with Crippen LogP contribution in [-0.2, 0) is 13.1 Å². The molecule has 1 aromatic carbocycles. The van der Waals surface area contributed by atoms with Crippen LogP contribution in [0.3, 0.4) is 0 Å². The van der Waals surface area contributed by atoms with Gasteiger partial charge in [0.2, 0.25) is 0 Å². The van der Waals surface area contributed by atoms with Crippen LogP contribution in [0.15, 0.2) is 47.1 Å². The molecule has 2 atom stereocenters. The number of furan rings is 1. The molecule has 1 amide bonds. The van der Waals surface area contributed by atoms with E-state index in [-0.39, 0.29) is 36.8 Å². The fraction of sp³-hybridized carbons (Fsp3) is 0.421. The van der Waals surface area contributed by atoms with Crippen LogP contribution >= 0.6 is 24.8 Å². The minimum absolute atomic E-state index is 0. The summed E-state index contributed by atoms with van der Waals surface area (Å²) in [6.07, 6.45) is 3.40. The summed E-state index contributed by atoms with van der Waals surface area (Å²) in [6, 6.07) is 12.9. The van der Waals surface area contributed by atoms with Crippen LogP contribution in [0.4, 0.5) is 0 Å². The van der Waals surface area contributed by atoms with Crippen molar-refractivity contribution in [2.24, 2.45) is 5.73 Å². The van der Waals surface area contributed by atoms with E-state index in [1.807, 2.05) is 6.07 Å². The molecule has 2 aromatic rings. The van der Waals surface area contributed by atoms with Gasteiger partial charge in [-0.2, -0.15) is 0 Å². The lowest BCUT2D eigenvalue weighted by atomic mass is 9.97. The Kier molecular flexibility index (Phi) is 9.16. The number of nitrogens with one attached hydrogen (secondary N) is 1. The molecular weight excluding hydrogens is 373 g/mol. The zero-order valence-electron chi connectivity index (χ0n) is 14.9. The zero-order chi connectivity index (χ0) is 16.9. The fourth-order valence-electron chi connectivity index (χ4n) is 3.28. The highest BCUT2D eigenvalue weighted by molar-refractivity contribution is 5.94. The van der Waals surface area contributed by atoms with Crippen LogP contribution in [0, 0.1) is 0 Å². The number of benzene rings is 1. The first-order valence-corrected chi connectivity index (χ1v) is 8.52. The molecule has 3 N–H and O–H groups in total. The van der Waals surface area contributed by atoms with Crippen LogP contribution in [0.2, 0.25) is 0 Å². The van der Waals surface area contributed by atoms with Crippen molar-refractivity contribution >= 4 is 30.7 Å². The lowest BCUT2D eigenvalue weighted by molar-refractivity contribution is 0.0866. The summed E-state index contributed by atoms with van der Waals surface area (Å²) in [4.78, 5) is 14.8. The largest absolute Gasteiger partial charge is 0.467 e. The molecule has 1 aliphatic rings. The van der Waals surface area contributed by atoms with Gasteiger partial charge in [0, 0.05) is 25.2 Å². The number of likely N-dealkylation sites (tertiary alicyclic amines) is 1. The number of amides is 1. The Bertz CT molecular complexity index is 678. The number of hydrogen-bond donors (Lipinski definition) is 2. The van der Waals surface area contributed by atoms with Gasteiger partial charge in [-0.1, -0.05) is 30.3 Å². The van der Waals surface area contributed by atoms with Gasteiger partial charge in [0.15, 0.2) is 0 Å². The lowest BCUT2D eigenvalue weighted by Gasteiger charge is -2.38. The number of rotatable bonds is 5. The second-order valence-electron chi connectivity index (χ2n) is 6.51. The Morgan fingerprint density at radius 1 is 1.31 bits per heavy atom. The van der Waals surface area contributed by atoms with Crippen LogP contribution in [-0.4, -0.2) is 29.4 Å². The summed E-state index contributed by atoms with van der Waals surface area (Å²) in [5.41, 5.74) is 7.40. The number of nitrogens with zero attached hydrogens (tertiary/aromatic N) is 1. The summed E-state index contributed by atoms with van der Waals surface area (Å²) in [7, 11) is 0. The highest BCUT2D eigenvalue weighted by atomic mass is 35.5. The van der Waals surface area contributed by atoms with Crippen molar-refractivity contribution in [3.63, 3.8) is 0 Å². The Morgan fingerprint density at radius 3 is 2.65 bits per heavy atom. The van der Waals surface area contributed by atoms with E-state index in [0.717, 1.165) is 25.9 Å². The molecule has 1 saturated heterocycles. The predicted octanol–water partition coefficient (Wildman–Crippen LogP) is 3.36. The second kappa shape index (κ2) is 10.6. The number of piperidine rings is 1. The highest BCUT2D eigenvalue weighted by Gasteiger charge is 2.26. The van der Waals surface area contributed by atoms with E-state index in [0.29, 0.717) is 23.9 Å². The zero-order valence-corrected chi connectivity index (χ0v) is 16.5. The molecule has 0 saturated carbocycles. The van der Waals surface area contributed by atoms with E-state index in [9.17, 15) is 4.79 Å². The van der Waals surface area contributed by atoms with Crippen LogP contribution in [0.5, 0.6) is 0 Å². The smallest absolute Gasteiger partial charge is 0.254 e. The monoisotopic (exact) mass is 399 g/mol. The van der Waals surface area contributed by atoms with Gasteiger partial charge in [-0.25, -0.2) is 0 Å². The predicted molar refractivity (Wildman–Crippen MR) is 108 cm³/mol. The second-order valence-corrected chi connectivity index (χ2v) is 6.51.